The summed E-state index contributed by atoms with van der Waals surface area (Å²) in [4.78, 5) is 15.8. The summed E-state index contributed by atoms with van der Waals surface area (Å²) < 4.78 is 0. The molecule has 32 heavy (non-hydrogen) atoms. The molecule has 3 aromatic rings. The topological polar surface area (TPSA) is 181 Å². The Labute approximate surface area is 187 Å². The largest absolute Gasteiger partial charge is 0.498 e. The van der Waals surface area contributed by atoms with Gasteiger partial charge < -0.3 is 41.9 Å². The highest BCUT2D eigenvalue weighted by molar-refractivity contribution is 7.17. The van der Waals surface area contributed by atoms with Crippen LogP contribution in [0.1, 0.15) is 16.8 Å². The van der Waals surface area contributed by atoms with Crippen LogP contribution in [0.15, 0.2) is 54.6 Å². The first kappa shape index (κ1) is 23.6. The van der Waals surface area contributed by atoms with Gasteiger partial charge in [0.1, 0.15) is 0 Å². The van der Waals surface area contributed by atoms with E-state index in [1.54, 1.807) is 0 Å². The van der Waals surface area contributed by atoms with Gasteiger partial charge >= 0.3 is 0 Å². The zero-order chi connectivity index (χ0) is 23.4. The van der Waals surface area contributed by atoms with E-state index in [9.17, 15) is 30.3 Å². The van der Waals surface area contributed by atoms with Crippen LogP contribution < -0.4 is 16.4 Å². The molecule has 0 saturated heterocycles. The van der Waals surface area contributed by atoms with Crippen molar-refractivity contribution in [3.8, 4) is 5.06 Å². The first-order valence-electron chi connectivity index (χ1n) is 9.61. The Morgan fingerprint density at radius 3 is 2.28 bits per heavy atom. The second-order valence-electron chi connectivity index (χ2n) is 7.14. The molecule has 0 aliphatic heterocycles. The number of carbonyl (C=O) groups excluding carboxylic acids is 1. The Morgan fingerprint density at radius 1 is 1.03 bits per heavy atom. The number of thiazole rings is 1. The van der Waals surface area contributed by atoms with Crippen LogP contribution >= 0.6 is 11.3 Å². The van der Waals surface area contributed by atoms with Crippen molar-refractivity contribution in [3.63, 3.8) is 0 Å². The highest BCUT2D eigenvalue weighted by atomic mass is 32.1. The van der Waals surface area contributed by atoms with Gasteiger partial charge in [0.2, 0.25) is 10.9 Å². The molecule has 0 radical (unpaired) electrons. The maximum atomic E-state index is 12.3. The van der Waals surface area contributed by atoms with Gasteiger partial charge in [-0.3, -0.25) is 4.79 Å². The fourth-order valence-corrected chi connectivity index (χ4v) is 3.56. The summed E-state index contributed by atoms with van der Waals surface area (Å²) in [5, 5.41) is 55.0. The van der Waals surface area contributed by atoms with Crippen molar-refractivity contribution >= 4 is 28.1 Å². The maximum absolute atomic E-state index is 12.3. The number of nitrogen functional groups attached to an aromatic ring is 1. The van der Waals surface area contributed by atoms with E-state index in [-0.39, 0.29) is 22.9 Å². The molecule has 1 aromatic heterocycles. The van der Waals surface area contributed by atoms with E-state index in [2.05, 4.69) is 15.6 Å². The molecule has 2 aromatic carbocycles. The molecule has 1 heterocycles. The Balaban J connectivity index is 1.57. The van der Waals surface area contributed by atoms with Gasteiger partial charge in [-0.15, -0.1) is 0 Å². The fourth-order valence-electron chi connectivity index (χ4n) is 2.94. The number of nitrogens with two attached hydrogens (primary N) is 1. The SMILES string of the molecule is Nc1nc(C(O)(O)C(=O)Nc2ccc(C(O)(O)CNCCc3ccccc3)cc2)c(O)s1. The van der Waals surface area contributed by atoms with Crippen molar-refractivity contribution < 1.29 is 30.3 Å². The van der Waals surface area contributed by atoms with E-state index >= 15 is 0 Å². The predicted molar refractivity (Wildman–Crippen MR) is 119 cm³/mol. The standard InChI is InChI=1S/C21H24N4O6S/c22-19-25-16(17(26)32-19)21(30,31)18(27)24-15-8-6-14(7-9-15)20(28,29)12-23-11-10-13-4-2-1-3-5-13/h1-9,23,26,28-31H,10-12H2,(H2,22,25)(H,24,27). The Morgan fingerprint density at radius 2 is 1.69 bits per heavy atom. The molecule has 0 aliphatic rings. The van der Waals surface area contributed by atoms with Crippen LogP contribution in [0, 0.1) is 0 Å². The third-order valence-corrected chi connectivity index (χ3v) is 5.37. The number of rotatable bonds is 9. The van der Waals surface area contributed by atoms with Crippen molar-refractivity contribution in [1.29, 1.82) is 0 Å². The van der Waals surface area contributed by atoms with E-state index in [0.717, 1.165) is 12.0 Å². The quantitative estimate of drug-likeness (QED) is 0.163. The molecule has 3 rings (SSSR count). The van der Waals surface area contributed by atoms with Gasteiger partial charge in [0.05, 0.1) is 6.54 Å². The smallest absolute Gasteiger partial charge is 0.294 e. The van der Waals surface area contributed by atoms with Crippen LogP contribution in [0.3, 0.4) is 0 Å². The zero-order valence-corrected chi connectivity index (χ0v) is 17.7. The van der Waals surface area contributed by atoms with Crippen LogP contribution in [-0.4, -0.2) is 49.5 Å². The molecule has 0 atom stereocenters. The van der Waals surface area contributed by atoms with Crippen LogP contribution in [0.5, 0.6) is 5.06 Å². The van der Waals surface area contributed by atoms with E-state index in [0.29, 0.717) is 17.9 Å². The minimum atomic E-state index is -3.11. The van der Waals surface area contributed by atoms with Crippen LogP contribution in [0.2, 0.25) is 0 Å². The lowest BCUT2D eigenvalue weighted by atomic mass is 10.0. The Bertz CT molecular complexity index is 1050. The average molecular weight is 461 g/mol. The minimum Gasteiger partial charge on any atom is -0.498 e. The number of hydrogen-bond donors (Lipinski definition) is 8. The number of hydrogen-bond acceptors (Lipinski definition) is 10. The van der Waals surface area contributed by atoms with E-state index in [1.165, 1.54) is 24.3 Å². The zero-order valence-electron chi connectivity index (χ0n) is 16.9. The molecule has 10 nitrogen and oxygen atoms in total. The van der Waals surface area contributed by atoms with Crippen molar-refractivity contribution in [1.82, 2.24) is 10.3 Å². The molecule has 0 aliphatic carbocycles. The van der Waals surface area contributed by atoms with E-state index in [4.69, 9.17) is 5.73 Å². The number of nitrogens with one attached hydrogen (secondary N) is 2. The van der Waals surface area contributed by atoms with Crippen LogP contribution in [0.4, 0.5) is 10.8 Å². The summed E-state index contributed by atoms with van der Waals surface area (Å²) in [5.41, 5.74) is 6.17. The fraction of sp³-hybridized carbons (Fsp3) is 0.238. The van der Waals surface area contributed by atoms with Gasteiger partial charge in [-0.1, -0.05) is 53.8 Å². The first-order valence-corrected chi connectivity index (χ1v) is 10.4. The van der Waals surface area contributed by atoms with Crippen molar-refractivity contribution in [2.45, 2.75) is 18.0 Å². The summed E-state index contributed by atoms with van der Waals surface area (Å²) in [6.45, 7) is 0.427. The number of nitrogens with zero attached hydrogens (tertiary/aromatic N) is 1. The third kappa shape index (κ3) is 5.59. The molecular formula is C21H24N4O6S. The number of aromatic hydroxyl groups is 1. The normalized spacial score (nSPS) is 12.0. The molecule has 0 bridgehead atoms. The lowest BCUT2D eigenvalue weighted by molar-refractivity contribution is -0.185. The third-order valence-electron chi connectivity index (χ3n) is 4.68. The van der Waals surface area contributed by atoms with Gasteiger partial charge in [0.15, 0.2) is 10.8 Å². The summed E-state index contributed by atoms with van der Waals surface area (Å²) >= 11 is 0.592. The summed E-state index contributed by atoms with van der Waals surface area (Å²) in [5.74, 6) is -6.54. The molecule has 9 N–H and O–H groups in total. The highest BCUT2D eigenvalue weighted by Crippen LogP contribution is 2.34. The maximum Gasteiger partial charge on any atom is 0.294 e. The number of aromatic nitrogens is 1. The van der Waals surface area contributed by atoms with E-state index < -0.39 is 28.2 Å². The average Bonchev–Trinajstić information content (AvgIpc) is 3.11. The van der Waals surface area contributed by atoms with E-state index in [1.807, 2.05) is 30.3 Å². The van der Waals surface area contributed by atoms with Crippen molar-refractivity contribution in [3.05, 3.63) is 71.4 Å². The van der Waals surface area contributed by atoms with Crippen molar-refractivity contribution in [2.75, 3.05) is 24.1 Å². The molecule has 0 unspecified atom stereocenters. The Kier molecular flexibility index (Phi) is 7.09. The number of anilines is 2. The lowest BCUT2D eigenvalue weighted by Gasteiger charge is -2.23. The molecule has 1 amide bonds. The van der Waals surface area contributed by atoms with Gasteiger partial charge in [0.25, 0.3) is 11.7 Å². The minimum absolute atomic E-state index is 0.119. The van der Waals surface area contributed by atoms with Crippen LogP contribution in [0.25, 0.3) is 0 Å². The lowest BCUT2D eigenvalue weighted by Crippen LogP contribution is -2.40. The number of amides is 1. The summed E-state index contributed by atoms with van der Waals surface area (Å²) in [6, 6.07) is 15.3. The van der Waals surface area contributed by atoms with Gasteiger partial charge in [0, 0.05) is 11.3 Å². The first-order chi connectivity index (χ1) is 15.1. The number of carbonyl (C=O) groups is 1. The summed E-state index contributed by atoms with van der Waals surface area (Å²) in [7, 11) is 0. The second-order valence-corrected chi connectivity index (χ2v) is 8.15. The van der Waals surface area contributed by atoms with Gasteiger partial charge in [-0.25, -0.2) is 4.98 Å². The monoisotopic (exact) mass is 460 g/mol. The highest BCUT2D eigenvalue weighted by Gasteiger charge is 2.41. The van der Waals surface area contributed by atoms with Gasteiger partial charge in [-0.05, 0) is 30.7 Å². The predicted octanol–water partition coefficient (Wildman–Crippen LogP) is 0.177. The Hall–Kier alpha value is -3.06. The molecule has 11 heteroatoms. The number of aliphatic hydroxyl groups is 4. The summed E-state index contributed by atoms with van der Waals surface area (Å²) in [6.07, 6.45) is 0.728. The van der Waals surface area contributed by atoms with Crippen molar-refractivity contribution in [2.24, 2.45) is 0 Å². The molecule has 0 spiro atoms. The van der Waals surface area contributed by atoms with Crippen LogP contribution in [-0.2, 0) is 22.8 Å². The molecular weight excluding hydrogens is 436 g/mol. The molecule has 0 fully saturated rings. The molecule has 170 valence electrons. The molecule has 0 saturated carbocycles. The second kappa shape index (κ2) is 9.61. The van der Waals surface area contributed by atoms with Gasteiger partial charge in [-0.2, -0.15) is 0 Å². The number of benzene rings is 2.